The third-order valence-electron chi connectivity index (χ3n) is 3.52. The van der Waals surface area contributed by atoms with E-state index in [1.807, 2.05) is 0 Å². The van der Waals surface area contributed by atoms with E-state index in [1.165, 1.54) is 37.3 Å². The summed E-state index contributed by atoms with van der Waals surface area (Å²) in [7, 11) is 0. The van der Waals surface area contributed by atoms with Gasteiger partial charge in [-0.25, -0.2) is 13.2 Å². The molecule has 0 heterocycles. The van der Waals surface area contributed by atoms with E-state index in [0.29, 0.717) is 16.3 Å². The lowest BCUT2D eigenvalue weighted by Crippen LogP contribution is -2.01. The Morgan fingerprint density at radius 1 is 0.958 bits per heavy atom. The summed E-state index contributed by atoms with van der Waals surface area (Å²) in [6, 6.07) is 9.00. The van der Waals surface area contributed by atoms with Crippen molar-refractivity contribution < 1.29 is 27.8 Å². The van der Waals surface area contributed by atoms with E-state index in [-0.39, 0.29) is 17.1 Å². The van der Waals surface area contributed by atoms with Crippen LogP contribution in [0.2, 0.25) is 0 Å². The Morgan fingerprint density at radius 2 is 1.62 bits per heavy atom. The van der Waals surface area contributed by atoms with E-state index < -0.39 is 23.4 Å². The first-order chi connectivity index (χ1) is 11.4. The van der Waals surface area contributed by atoms with E-state index >= 15 is 0 Å². The molecule has 0 aliphatic rings. The van der Waals surface area contributed by atoms with Gasteiger partial charge < -0.3 is 9.84 Å². The molecule has 0 aromatic heterocycles. The number of carbonyl (C=O) groups excluding carboxylic acids is 1. The molecule has 3 nitrogen and oxygen atoms in total. The number of phenols is 1. The van der Waals surface area contributed by atoms with Crippen molar-refractivity contribution in [2.24, 2.45) is 0 Å². The summed E-state index contributed by atoms with van der Waals surface area (Å²) in [5, 5.41) is 10.8. The van der Waals surface area contributed by atoms with Crippen molar-refractivity contribution in [3.8, 4) is 22.6 Å². The number of hydrogen-bond donors (Lipinski definition) is 1. The van der Waals surface area contributed by atoms with Crippen LogP contribution in [0.3, 0.4) is 0 Å². The van der Waals surface area contributed by atoms with E-state index in [9.17, 15) is 23.1 Å². The molecule has 0 aliphatic carbocycles. The zero-order valence-corrected chi connectivity index (χ0v) is 12.4. The van der Waals surface area contributed by atoms with Gasteiger partial charge in [-0.15, -0.1) is 0 Å². The second kappa shape index (κ2) is 5.88. The summed E-state index contributed by atoms with van der Waals surface area (Å²) >= 11 is 0. The summed E-state index contributed by atoms with van der Waals surface area (Å²) in [5.41, 5.74) is 0.450. The van der Waals surface area contributed by atoms with Crippen molar-refractivity contribution >= 4 is 16.7 Å². The Balaban J connectivity index is 2.27. The maximum Gasteiger partial charge on any atom is 0.308 e. The van der Waals surface area contributed by atoms with Gasteiger partial charge in [-0.05, 0) is 52.9 Å². The first-order valence-corrected chi connectivity index (χ1v) is 6.96. The molecule has 6 heteroatoms. The number of phenolic OH excluding ortho intramolecular Hbond substituents is 1. The molecule has 0 unspecified atom stereocenters. The fourth-order valence-corrected chi connectivity index (χ4v) is 2.50. The quantitative estimate of drug-likeness (QED) is 0.425. The van der Waals surface area contributed by atoms with Crippen LogP contribution in [0, 0.1) is 17.5 Å². The van der Waals surface area contributed by atoms with Gasteiger partial charge in [0.15, 0.2) is 17.5 Å². The largest absolute Gasteiger partial charge is 0.507 e. The number of esters is 1. The normalized spacial score (nSPS) is 10.8. The molecule has 0 saturated carbocycles. The highest BCUT2D eigenvalue weighted by Gasteiger charge is 2.15. The van der Waals surface area contributed by atoms with Crippen LogP contribution in [0.15, 0.2) is 42.5 Å². The van der Waals surface area contributed by atoms with Crippen molar-refractivity contribution in [1.82, 2.24) is 0 Å². The zero-order chi connectivity index (χ0) is 17.4. The molecule has 3 aromatic rings. The van der Waals surface area contributed by atoms with Crippen LogP contribution in [-0.2, 0) is 4.79 Å². The van der Waals surface area contributed by atoms with Crippen molar-refractivity contribution in [2.45, 2.75) is 6.92 Å². The maximum absolute atomic E-state index is 13.5. The second-order valence-electron chi connectivity index (χ2n) is 5.19. The van der Waals surface area contributed by atoms with Crippen LogP contribution < -0.4 is 4.74 Å². The molecule has 0 radical (unpaired) electrons. The molecule has 0 spiro atoms. The molecule has 0 saturated heterocycles. The smallest absolute Gasteiger partial charge is 0.308 e. The lowest BCUT2D eigenvalue weighted by atomic mass is 9.97. The molecule has 0 amide bonds. The Kier molecular flexibility index (Phi) is 3.89. The molecular weight excluding hydrogens is 321 g/mol. The number of hydrogen-bond acceptors (Lipinski definition) is 3. The molecule has 3 aromatic carbocycles. The molecule has 0 aliphatic heterocycles. The zero-order valence-electron chi connectivity index (χ0n) is 12.4. The van der Waals surface area contributed by atoms with E-state index in [1.54, 1.807) is 0 Å². The lowest BCUT2D eigenvalue weighted by molar-refractivity contribution is -0.131. The van der Waals surface area contributed by atoms with Crippen LogP contribution in [0.5, 0.6) is 11.5 Å². The van der Waals surface area contributed by atoms with Gasteiger partial charge in [0.05, 0.1) is 0 Å². The van der Waals surface area contributed by atoms with Gasteiger partial charge in [-0.1, -0.05) is 6.07 Å². The predicted octanol–water partition coefficient (Wildman–Crippen LogP) is 4.56. The SMILES string of the molecule is CC(=O)Oc1ccc2c(O)ccc(-c3cc(F)c(F)c(F)c3)c2c1. The number of carbonyl (C=O) groups is 1. The van der Waals surface area contributed by atoms with Gasteiger partial charge in [-0.3, -0.25) is 4.79 Å². The summed E-state index contributed by atoms with van der Waals surface area (Å²) in [6.45, 7) is 1.23. The van der Waals surface area contributed by atoms with Crippen molar-refractivity contribution in [2.75, 3.05) is 0 Å². The summed E-state index contributed by atoms with van der Waals surface area (Å²) in [6.07, 6.45) is 0. The number of ether oxygens (including phenoxy) is 1. The van der Waals surface area contributed by atoms with Crippen molar-refractivity contribution in [1.29, 1.82) is 0 Å². The Bertz CT molecular complexity index is 944. The topological polar surface area (TPSA) is 46.5 Å². The van der Waals surface area contributed by atoms with E-state index in [4.69, 9.17) is 4.74 Å². The van der Waals surface area contributed by atoms with Gasteiger partial charge in [0, 0.05) is 12.3 Å². The van der Waals surface area contributed by atoms with Crippen LogP contribution in [-0.4, -0.2) is 11.1 Å². The minimum absolute atomic E-state index is 0.0498. The highest BCUT2D eigenvalue weighted by molar-refractivity contribution is 6.00. The van der Waals surface area contributed by atoms with Crippen molar-refractivity contribution in [3.63, 3.8) is 0 Å². The first-order valence-electron chi connectivity index (χ1n) is 6.96. The fraction of sp³-hybridized carbons (Fsp3) is 0.0556. The molecular formula is C18H11F3O3. The van der Waals surface area contributed by atoms with Crippen LogP contribution in [0.4, 0.5) is 13.2 Å². The third kappa shape index (κ3) is 2.78. The van der Waals surface area contributed by atoms with Crippen LogP contribution >= 0.6 is 0 Å². The first kappa shape index (κ1) is 15.9. The van der Waals surface area contributed by atoms with E-state index in [0.717, 1.165) is 12.1 Å². The lowest BCUT2D eigenvalue weighted by Gasteiger charge is -2.11. The Labute approximate surface area is 134 Å². The van der Waals surface area contributed by atoms with E-state index in [2.05, 4.69) is 0 Å². The number of fused-ring (bicyclic) bond motifs is 1. The fourth-order valence-electron chi connectivity index (χ4n) is 2.50. The molecule has 1 N–H and O–H groups in total. The Morgan fingerprint density at radius 3 is 2.25 bits per heavy atom. The van der Waals surface area contributed by atoms with Gasteiger partial charge >= 0.3 is 5.97 Å². The molecule has 3 rings (SSSR count). The molecule has 122 valence electrons. The minimum Gasteiger partial charge on any atom is -0.507 e. The number of halogens is 3. The molecule has 0 bridgehead atoms. The third-order valence-corrected chi connectivity index (χ3v) is 3.52. The average Bonchev–Trinajstić information content (AvgIpc) is 2.52. The number of aromatic hydroxyl groups is 1. The Hall–Kier alpha value is -3.02. The van der Waals surface area contributed by atoms with Crippen LogP contribution in [0.1, 0.15) is 6.92 Å². The molecule has 0 fully saturated rings. The second-order valence-corrected chi connectivity index (χ2v) is 5.19. The number of rotatable bonds is 2. The van der Waals surface area contributed by atoms with Gasteiger partial charge in [-0.2, -0.15) is 0 Å². The average molecular weight is 332 g/mol. The van der Waals surface area contributed by atoms with Crippen molar-refractivity contribution in [3.05, 3.63) is 59.9 Å². The predicted molar refractivity (Wildman–Crippen MR) is 82.2 cm³/mol. The summed E-state index contributed by atoms with van der Waals surface area (Å²) in [4.78, 5) is 11.1. The highest BCUT2D eigenvalue weighted by atomic mass is 19.2. The molecule has 24 heavy (non-hydrogen) atoms. The molecule has 0 atom stereocenters. The van der Waals surface area contributed by atoms with Crippen LogP contribution in [0.25, 0.3) is 21.9 Å². The number of benzene rings is 3. The monoisotopic (exact) mass is 332 g/mol. The summed E-state index contributed by atoms with van der Waals surface area (Å²) in [5.74, 6) is -4.56. The summed E-state index contributed by atoms with van der Waals surface area (Å²) < 4.78 is 45.2. The van der Waals surface area contributed by atoms with Gasteiger partial charge in [0.2, 0.25) is 0 Å². The maximum atomic E-state index is 13.5. The minimum atomic E-state index is -1.55. The van der Waals surface area contributed by atoms with Gasteiger partial charge in [0.25, 0.3) is 0 Å². The van der Waals surface area contributed by atoms with Gasteiger partial charge in [0.1, 0.15) is 11.5 Å². The highest BCUT2D eigenvalue weighted by Crippen LogP contribution is 2.36. The standard InChI is InChI=1S/C18H11F3O3/c1-9(22)24-11-2-3-13-14(8-11)12(4-5-17(13)23)10-6-15(19)18(21)16(20)7-10/h2-8,23H,1H3.